The molecule has 1 saturated carbocycles. The number of esters is 1. The Balaban J connectivity index is 1.55. The molecule has 0 bridgehead atoms. The molecule has 1 atom stereocenters. The van der Waals surface area contributed by atoms with Gasteiger partial charge in [0, 0.05) is 6.54 Å². The van der Waals surface area contributed by atoms with Crippen LogP contribution in [-0.2, 0) is 26.2 Å². The first kappa shape index (κ1) is 21.8. The highest BCUT2D eigenvalue weighted by molar-refractivity contribution is 5.88. The molecule has 3 rings (SSSR count). The number of hydrogen-bond acceptors (Lipinski definition) is 4. The summed E-state index contributed by atoms with van der Waals surface area (Å²) in [6.07, 6.45) is 2.85. The molecule has 0 saturated heterocycles. The van der Waals surface area contributed by atoms with Crippen LogP contribution >= 0.6 is 0 Å². The Hall–Kier alpha value is -2.89. The number of benzene rings is 2. The van der Waals surface area contributed by atoms with E-state index in [4.69, 9.17) is 9.47 Å². The maximum absolute atomic E-state index is 13.3. The minimum atomic E-state index is -0.897. The van der Waals surface area contributed by atoms with Crippen molar-refractivity contribution in [3.63, 3.8) is 0 Å². The van der Waals surface area contributed by atoms with Gasteiger partial charge in [-0.15, -0.1) is 0 Å². The van der Waals surface area contributed by atoms with E-state index in [2.05, 4.69) is 5.32 Å². The summed E-state index contributed by atoms with van der Waals surface area (Å²) < 4.78 is 24.0. The lowest BCUT2D eigenvalue weighted by Gasteiger charge is -2.28. The highest BCUT2D eigenvalue weighted by Gasteiger charge is 2.45. The fraction of sp³-hybridized carbons (Fsp3) is 0.417. The van der Waals surface area contributed by atoms with Gasteiger partial charge in [0.15, 0.2) is 6.10 Å². The van der Waals surface area contributed by atoms with E-state index in [1.165, 1.54) is 12.1 Å². The molecule has 0 aromatic heterocycles. The van der Waals surface area contributed by atoms with Gasteiger partial charge in [0.25, 0.3) is 5.91 Å². The van der Waals surface area contributed by atoms with Gasteiger partial charge in [-0.3, -0.25) is 9.59 Å². The minimum absolute atomic E-state index is 0.330. The molecule has 0 unspecified atom stereocenters. The molecular weight excluding hydrogens is 385 g/mol. The smallest absolute Gasteiger partial charge is 0.317 e. The summed E-state index contributed by atoms with van der Waals surface area (Å²) in [5.74, 6) is -0.302. The zero-order valence-corrected chi connectivity index (χ0v) is 17.4. The van der Waals surface area contributed by atoms with E-state index >= 15 is 0 Å². The van der Waals surface area contributed by atoms with Crippen LogP contribution < -0.4 is 10.1 Å². The molecular formula is C24H28FNO4. The molecule has 0 aliphatic heterocycles. The number of halogens is 1. The number of hydrogen-bond donors (Lipinski definition) is 1. The minimum Gasteiger partial charge on any atom is -0.497 e. The Labute approximate surface area is 176 Å². The molecule has 6 heteroatoms. The summed E-state index contributed by atoms with van der Waals surface area (Å²) in [4.78, 5) is 25.4. The number of carbonyl (C=O) groups excluding carboxylic acids is 2. The molecule has 1 aliphatic carbocycles. The van der Waals surface area contributed by atoms with E-state index in [0.29, 0.717) is 25.8 Å². The van der Waals surface area contributed by atoms with Crippen molar-refractivity contribution >= 4 is 11.9 Å². The normalized spacial score (nSPS) is 16.0. The molecule has 1 aliphatic rings. The molecule has 1 fully saturated rings. The molecule has 0 radical (unpaired) electrons. The van der Waals surface area contributed by atoms with Crippen LogP contribution in [0, 0.1) is 5.82 Å². The van der Waals surface area contributed by atoms with Crippen molar-refractivity contribution in [1.82, 2.24) is 5.32 Å². The van der Waals surface area contributed by atoms with Crippen molar-refractivity contribution in [3.8, 4) is 5.75 Å². The Morgan fingerprint density at radius 2 is 1.70 bits per heavy atom. The van der Waals surface area contributed by atoms with Crippen molar-refractivity contribution in [1.29, 1.82) is 0 Å². The fourth-order valence-electron chi connectivity index (χ4n) is 3.95. The van der Waals surface area contributed by atoms with Crippen molar-refractivity contribution in [3.05, 3.63) is 65.5 Å². The summed E-state index contributed by atoms with van der Waals surface area (Å²) in [6, 6.07) is 13.6. The third kappa shape index (κ3) is 4.99. The van der Waals surface area contributed by atoms with Gasteiger partial charge < -0.3 is 14.8 Å². The molecule has 0 spiro atoms. The first-order valence-electron chi connectivity index (χ1n) is 10.3. The zero-order chi connectivity index (χ0) is 21.6. The van der Waals surface area contributed by atoms with Crippen LogP contribution in [0.15, 0.2) is 48.5 Å². The first-order valence-corrected chi connectivity index (χ1v) is 10.3. The van der Waals surface area contributed by atoms with Crippen LogP contribution in [0.2, 0.25) is 0 Å². The Morgan fingerprint density at radius 1 is 1.07 bits per heavy atom. The monoisotopic (exact) mass is 413 g/mol. The Kier molecular flexibility index (Phi) is 7.08. The third-order valence-corrected chi connectivity index (χ3v) is 5.77. The van der Waals surface area contributed by atoms with Gasteiger partial charge in [0.2, 0.25) is 0 Å². The van der Waals surface area contributed by atoms with Crippen LogP contribution in [0.25, 0.3) is 0 Å². The largest absolute Gasteiger partial charge is 0.497 e. The summed E-state index contributed by atoms with van der Waals surface area (Å²) in [5, 5.41) is 2.82. The zero-order valence-electron chi connectivity index (χ0n) is 17.4. The number of carbonyl (C=O) groups is 2. The van der Waals surface area contributed by atoms with Crippen LogP contribution in [0.5, 0.6) is 5.75 Å². The van der Waals surface area contributed by atoms with E-state index in [1.807, 2.05) is 24.3 Å². The second-order valence-corrected chi connectivity index (χ2v) is 7.73. The molecule has 2 aromatic carbocycles. The quantitative estimate of drug-likeness (QED) is 0.666. The average molecular weight is 413 g/mol. The molecule has 0 heterocycles. The topological polar surface area (TPSA) is 64.6 Å². The lowest BCUT2D eigenvalue weighted by atomic mass is 9.79. The maximum atomic E-state index is 13.3. The fourth-order valence-corrected chi connectivity index (χ4v) is 3.95. The van der Waals surface area contributed by atoms with Crippen molar-refractivity contribution in [2.24, 2.45) is 0 Å². The van der Waals surface area contributed by atoms with Gasteiger partial charge in [-0.2, -0.15) is 0 Å². The Morgan fingerprint density at radius 3 is 2.30 bits per heavy atom. The van der Waals surface area contributed by atoms with Gasteiger partial charge in [-0.1, -0.05) is 37.1 Å². The number of nitrogens with one attached hydrogen (secondary N) is 1. The van der Waals surface area contributed by atoms with Crippen molar-refractivity contribution in [2.75, 3.05) is 13.7 Å². The van der Waals surface area contributed by atoms with Crippen molar-refractivity contribution < 1.29 is 23.5 Å². The van der Waals surface area contributed by atoms with E-state index < -0.39 is 17.5 Å². The summed E-state index contributed by atoms with van der Waals surface area (Å²) in [6.45, 7) is 2.02. The lowest BCUT2D eigenvalue weighted by Crippen LogP contribution is -2.42. The van der Waals surface area contributed by atoms with Crippen LogP contribution in [-0.4, -0.2) is 31.6 Å². The van der Waals surface area contributed by atoms with Gasteiger partial charge >= 0.3 is 5.97 Å². The predicted octanol–water partition coefficient (Wildman–Crippen LogP) is 3.94. The summed E-state index contributed by atoms with van der Waals surface area (Å²) >= 11 is 0. The maximum Gasteiger partial charge on any atom is 0.317 e. The SMILES string of the molecule is COc1ccc(CCNC(=O)[C@@H](C)OC(=O)C2(c3ccc(F)cc3)CCCC2)cc1. The predicted molar refractivity (Wildman–Crippen MR) is 112 cm³/mol. The van der Waals surface area contributed by atoms with E-state index in [0.717, 1.165) is 29.7 Å². The highest BCUT2D eigenvalue weighted by Crippen LogP contribution is 2.42. The van der Waals surface area contributed by atoms with Crippen LogP contribution in [0.3, 0.4) is 0 Å². The second kappa shape index (κ2) is 9.74. The van der Waals surface area contributed by atoms with Gasteiger partial charge in [0.05, 0.1) is 12.5 Å². The van der Waals surface area contributed by atoms with E-state index in [-0.39, 0.29) is 11.7 Å². The lowest BCUT2D eigenvalue weighted by molar-refractivity contribution is -0.160. The number of rotatable bonds is 8. The molecule has 2 aromatic rings. The first-order chi connectivity index (χ1) is 14.4. The number of methoxy groups -OCH3 is 1. The molecule has 1 amide bonds. The van der Waals surface area contributed by atoms with Crippen LogP contribution in [0.4, 0.5) is 4.39 Å². The molecule has 1 N–H and O–H groups in total. The van der Waals surface area contributed by atoms with E-state index in [9.17, 15) is 14.0 Å². The highest BCUT2D eigenvalue weighted by atomic mass is 19.1. The van der Waals surface area contributed by atoms with Gasteiger partial charge in [0.1, 0.15) is 11.6 Å². The number of ether oxygens (including phenoxy) is 2. The van der Waals surface area contributed by atoms with Gasteiger partial charge in [-0.05, 0) is 61.6 Å². The third-order valence-electron chi connectivity index (χ3n) is 5.77. The van der Waals surface area contributed by atoms with Gasteiger partial charge in [-0.25, -0.2) is 4.39 Å². The molecule has 5 nitrogen and oxygen atoms in total. The second-order valence-electron chi connectivity index (χ2n) is 7.73. The Bertz CT molecular complexity index is 858. The summed E-state index contributed by atoms with van der Waals surface area (Å²) in [5.41, 5.74) is 1.02. The summed E-state index contributed by atoms with van der Waals surface area (Å²) in [7, 11) is 1.61. The van der Waals surface area contributed by atoms with E-state index in [1.54, 1.807) is 26.2 Å². The molecule has 160 valence electrons. The number of amides is 1. The van der Waals surface area contributed by atoms with Crippen molar-refractivity contribution in [2.45, 2.75) is 50.5 Å². The molecule has 30 heavy (non-hydrogen) atoms. The average Bonchev–Trinajstić information content (AvgIpc) is 3.26. The standard InChI is InChI=1S/C24H28FNO4/c1-17(22(27)26-16-13-18-5-11-21(29-2)12-6-18)30-23(28)24(14-3-4-15-24)19-7-9-20(25)10-8-19/h5-12,17H,3-4,13-16H2,1-2H3,(H,26,27)/t17-/m1/s1. The van der Waals surface area contributed by atoms with Crippen LogP contribution in [0.1, 0.15) is 43.7 Å².